The third kappa shape index (κ3) is 3.89. The molecular formula is C22H23N5O3. The van der Waals surface area contributed by atoms with Gasteiger partial charge in [-0.2, -0.15) is 5.10 Å². The Bertz CT molecular complexity index is 1120. The molecule has 0 amide bonds. The minimum absolute atomic E-state index is 0.00381. The van der Waals surface area contributed by atoms with E-state index in [1.165, 1.54) is 0 Å². The summed E-state index contributed by atoms with van der Waals surface area (Å²) in [6.07, 6.45) is 5.23. The number of carbonyl (C=O) groups excluding carboxylic acids is 1. The van der Waals surface area contributed by atoms with Crippen LogP contribution in [0.5, 0.6) is 0 Å². The number of anilines is 1. The molecule has 8 nitrogen and oxygen atoms in total. The average Bonchev–Trinajstić information content (AvgIpc) is 3.41. The number of aromatic nitrogens is 4. The van der Waals surface area contributed by atoms with Crippen molar-refractivity contribution < 1.29 is 13.9 Å². The Hall–Kier alpha value is -3.68. The molecule has 0 fully saturated rings. The zero-order valence-electron chi connectivity index (χ0n) is 17.0. The number of oxazole rings is 1. The molecule has 3 aromatic heterocycles. The molecule has 0 radical (unpaired) electrons. The summed E-state index contributed by atoms with van der Waals surface area (Å²) in [6, 6.07) is 8.92. The molecule has 1 aromatic carbocycles. The van der Waals surface area contributed by atoms with E-state index in [4.69, 9.17) is 9.15 Å². The zero-order valence-corrected chi connectivity index (χ0v) is 17.0. The highest BCUT2D eigenvalue weighted by Crippen LogP contribution is 2.33. The molecule has 154 valence electrons. The predicted octanol–water partition coefficient (Wildman–Crippen LogP) is 4.28. The van der Waals surface area contributed by atoms with Gasteiger partial charge < -0.3 is 14.5 Å². The monoisotopic (exact) mass is 405 g/mol. The van der Waals surface area contributed by atoms with Gasteiger partial charge in [-0.05, 0) is 31.0 Å². The fraction of sp³-hybridized carbons (Fsp3) is 0.273. The number of nitrogens with one attached hydrogen (secondary N) is 2. The summed E-state index contributed by atoms with van der Waals surface area (Å²) >= 11 is 0. The Labute approximate surface area is 173 Å². The maximum atomic E-state index is 12.5. The van der Waals surface area contributed by atoms with Crippen LogP contribution in [0, 0.1) is 5.92 Å². The first-order chi connectivity index (χ1) is 14.6. The highest BCUT2D eigenvalue weighted by Gasteiger charge is 2.26. The van der Waals surface area contributed by atoms with Crippen molar-refractivity contribution in [1.82, 2.24) is 20.2 Å². The SMILES string of the molecule is CCOC(=O)[C@@H](Nc1ncc(-c2cn[nH]c2)cc1-c1nc2ccccc2o1)C(C)C. The lowest BCUT2D eigenvalue weighted by Gasteiger charge is -2.22. The first-order valence-electron chi connectivity index (χ1n) is 9.85. The normalized spacial score (nSPS) is 12.3. The lowest BCUT2D eigenvalue weighted by atomic mass is 10.0. The fourth-order valence-electron chi connectivity index (χ4n) is 3.17. The summed E-state index contributed by atoms with van der Waals surface area (Å²) < 4.78 is 11.2. The number of H-pyrrole nitrogens is 1. The van der Waals surface area contributed by atoms with Gasteiger partial charge in [0.15, 0.2) is 5.58 Å². The zero-order chi connectivity index (χ0) is 21.1. The Morgan fingerprint density at radius 2 is 2.07 bits per heavy atom. The maximum Gasteiger partial charge on any atom is 0.328 e. The molecule has 1 atom stereocenters. The summed E-state index contributed by atoms with van der Waals surface area (Å²) in [5.41, 5.74) is 3.82. The van der Waals surface area contributed by atoms with Crippen molar-refractivity contribution in [3.05, 3.63) is 48.9 Å². The van der Waals surface area contributed by atoms with Crippen LogP contribution in [-0.2, 0) is 9.53 Å². The maximum absolute atomic E-state index is 12.5. The standard InChI is InChI=1S/C22H23N5O3/c1-4-29-22(28)19(13(2)3)27-20-16(9-14(10-23-20)15-11-24-25-12-15)21-26-17-7-5-6-8-18(17)30-21/h5-13,19H,4H2,1-3H3,(H,23,27)(H,24,25)/t19-/m0/s1. The first kappa shape index (κ1) is 19.6. The van der Waals surface area contributed by atoms with E-state index in [9.17, 15) is 4.79 Å². The minimum atomic E-state index is -0.555. The number of hydrogen-bond donors (Lipinski definition) is 2. The highest BCUT2D eigenvalue weighted by atomic mass is 16.5. The largest absolute Gasteiger partial charge is 0.464 e. The van der Waals surface area contributed by atoms with Gasteiger partial charge in [-0.3, -0.25) is 5.10 Å². The minimum Gasteiger partial charge on any atom is -0.464 e. The second kappa shape index (κ2) is 8.36. The molecule has 30 heavy (non-hydrogen) atoms. The van der Waals surface area contributed by atoms with Gasteiger partial charge >= 0.3 is 5.97 Å². The van der Waals surface area contributed by atoms with Crippen LogP contribution in [0.25, 0.3) is 33.7 Å². The number of fused-ring (bicyclic) bond motifs is 1. The molecule has 0 aliphatic rings. The molecule has 0 bridgehead atoms. The van der Waals surface area contributed by atoms with E-state index >= 15 is 0 Å². The number of nitrogens with zero attached hydrogens (tertiary/aromatic N) is 3. The van der Waals surface area contributed by atoms with Gasteiger partial charge in [-0.15, -0.1) is 0 Å². The van der Waals surface area contributed by atoms with Gasteiger partial charge in [0.25, 0.3) is 0 Å². The number of pyridine rings is 1. The second-order valence-corrected chi connectivity index (χ2v) is 7.21. The van der Waals surface area contributed by atoms with Gasteiger partial charge in [0.2, 0.25) is 5.89 Å². The lowest BCUT2D eigenvalue weighted by Crippen LogP contribution is -2.36. The second-order valence-electron chi connectivity index (χ2n) is 7.21. The van der Waals surface area contributed by atoms with Crippen molar-refractivity contribution >= 4 is 22.9 Å². The smallest absolute Gasteiger partial charge is 0.328 e. The van der Waals surface area contributed by atoms with Gasteiger partial charge in [0.1, 0.15) is 17.4 Å². The van der Waals surface area contributed by atoms with Gasteiger partial charge in [0, 0.05) is 23.5 Å². The Morgan fingerprint density at radius 1 is 1.23 bits per heavy atom. The van der Waals surface area contributed by atoms with Crippen LogP contribution >= 0.6 is 0 Å². The molecule has 0 saturated carbocycles. The molecule has 4 rings (SSSR count). The molecule has 2 N–H and O–H groups in total. The molecule has 8 heteroatoms. The van der Waals surface area contributed by atoms with Gasteiger partial charge in [0.05, 0.1) is 18.4 Å². The first-order valence-corrected chi connectivity index (χ1v) is 9.85. The number of carbonyl (C=O) groups is 1. The molecule has 0 aliphatic carbocycles. The number of hydrogen-bond acceptors (Lipinski definition) is 7. The number of aromatic amines is 1. The number of ether oxygens (including phenoxy) is 1. The van der Waals surface area contributed by atoms with E-state index in [0.29, 0.717) is 29.5 Å². The summed E-state index contributed by atoms with van der Waals surface area (Å²) in [5, 5.41) is 10.0. The highest BCUT2D eigenvalue weighted by molar-refractivity contribution is 5.84. The van der Waals surface area contributed by atoms with Crippen molar-refractivity contribution in [2.24, 2.45) is 5.92 Å². The summed E-state index contributed by atoms with van der Waals surface area (Å²) in [7, 11) is 0. The van der Waals surface area contributed by atoms with E-state index in [1.54, 1.807) is 25.5 Å². The molecule has 4 aromatic rings. The van der Waals surface area contributed by atoms with E-state index in [0.717, 1.165) is 16.6 Å². The van der Waals surface area contributed by atoms with Crippen molar-refractivity contribution in [1.29, 1.82) is 0 Å². The number of rotatable bonds is 7. The van der Waals surface area contributed by atoms with Gasteiger partial charge in [-0.1, -0.05) is 26.0 Å². The Kier molecular flexibility index (Phi) is 5.47. The van der Waals surface area contributed by atoms with Crippen molar-refractivity contribution in [2.45, 2.75) is 26.8 Å². The third-order valence-corrected chi connectivity index (χ3v) is 4.74. The molecule has 0 spiro atoms. The topological polar surface area (TPSA) is 106 Å². The number of benzene rings is 1. The average molecular weight is 405 g/mol. The van der Waals surface area contributed by atoms with Crippen LogP contribution in [0.4, 0.5) is 5.82 Å². The Balaban J connectivity index is 1.80. The van der Waals surface area contributed by atoms with Crippen LogP contribution in [0.15, 0.2) is 53.3 Å². The Morgan fingerprint density at radius 3 is 2.77 bits per heavy atom. The molecule has 0 unspecified atom stereocenters. The fourth-order valence-corrected chi connectivity index (χ4v) is 3.17. The van der Waals surface area contributed by atoms with Crippen LogP contribution < -0.4 is 5.32 Å². The van der Waals surface area contributed by atoms with Crippen LogP contribution in [0.3, 0.4) is 0 Å². The van der Waals surface area contributed by atoms with E-state index in [2.05, 4.69) is 25.5 Å². The van der Waals surface area contributed by atoms with Crippen LogP contribution in [0.1, 0.15) is 20.8 Å². The quantitative estimate of drug-likeness (QED) is 0.442. The number of para-hydroxylation sites is 2. The molecule has 0 saturated heterocycles. The third-order valence-electron chi connectivity index (χ3n) is 4.74. The summed E-state index contributed by atoms with van der Waals surface area (Å²) in [5.74, 6) is 0.594. The van der Waals surface area contributed by atoms with Crippen molar-refractivity contribution in [2.75, 3.05) is 11.9 Å². The lowest BCUT2D eigenvalue weighted by molar-refractivity contribution is -0.145. The molecular weight excluding hydrogens is 382 g/mol. The number of esters is 1. The molecule has 3 heterocycles. The predicted molar refractivity (Wildman–Crippen MR) is 114 cm³/mol. The van der Waals surface area contributed by atoms with E-state index in [-0.39, 0.29) is 11.9 Å². The van der Waals surface area contributed by atoms with E-state index < -0.39 is 6.04 Å². The van der Waals surface area contributed by atoms with Crippen molar-refractivity contribution in [3.8, 4) is 22.6 Å². The van der Waals surface area contributed by atoms with Crippen molar-refractivity contribution in [3.63, 3.8) is 0 Å². The molecule has 0 aliphatic heterocycles. The van der Waals surface area contributed by atoms with Crippen LogP contribution in [0.2, 0.25) is 0 Å². The summed E-state index contributed by atoms with van der Waals surface area (Å²) in [6.45, 7) is 6.01. The summed E-state index contributed by atoms with van der Waals surface area (Å²) in [4.78, 5) is 21.7. The van der Waals surface area contributed by atoms with Crippen LogP contribution in [-0.4, -0.2) is 38.8 Å². The van der Waals surface area contributed by atoms with Gasteiger partial charge in [-0.25, -0.2) is 14.8 Å². The van der Waals surface area contributed by atoms with E-state index in [1.807, 2.05) is 44.2 Å².